The molecule has 29 heavy (non-hydrogen) atoms. The van der Waals surface area contributed by atoms with Crippen LogP contribution in [-0.4, -0.2) is 51.2 Å². The van der Waals surface area contributed by atoms with Crippen molar-refractivity contribution >= 4 is 34.0 Å². The van der Waals surface area contributed by atoms with E-state index in [1.54, 1.807) is 24.3 Å². The van der Waals surface area contributed by atoms with Gasteiger partial charge >= 0.3 is 5.97 Å². The second kappa shape index (κ2) is 8.00. The number of carbonyl (C=O) groups is 2. The van der Waals surface area contributed by atoms with E-state index < -0.39 is 18.4 Å². The molecular formula is C19H19N5O4S. The Bertz CT molecular complexity index is 1130. The summed E-state index contributed by atoms with van der Waals surface area (Å²) in [5.41, 5.74) is 0.730. The second-order valence-electron chi connectivity index (χ2n) is 6.76. The average molecular weight is 413 g/mol. The van der Waals surface area contributed by atoms with Crippen LogP contribution >= 0.6 is 11.3 Å². The van der Waals surface area contributed by atoms with Crippen LogP contribution in [0.3, 0.4) is 0 Å². The normalized spacial score (nSPS) is 14.1. The molecule has 1 amide bonds. The van der Waals surface area contributed by atoms with Crippen LogP contribution in [0.5, 0.6) is 0 Å². The molecule has 0 saturated carbocycles. The topological polar surface area (TPSA) is 117 Å². The van der Waals surface area contributed by atoms with Crippen molar-refractivity contribution in [2.75, 3.05) is 24.5 Å². The third-order valence-electron chi connectivity index (χ3n) is 4.68. The van der Waals surface area contributed by atoms with E-state index in [-0.39, 0.29) is 5.56 Å². The number of carboxylic acids is 1. The maximum absolute atomic E-state index is 12.5. The van der Waals surface area contributed by atoms with Gasteiger partial charge in [0.05, 0.1) is 0 Å². The number of amides is 1. The van der Waals surface area contributed by atoms with E-state index in [9.17, 15) is 14.4 Å². The van der Waals surface area contributed by atoms with Crippen molar-refractivity contribution in [2.45, 2.75) is 19.3 Å². The minimum atomic E-state index is -1.12. The fourth-order valence-electron chi connectivity index (χ4n) is 3.25. The van der Waals surface area contributed by atoms with E-state index in [1.165, 1.54) is 28.3 Å². The van der Waals surface area contributed by atoms with Gasteiger partial charge in [-0.05, 0) is 31.4 Å². The van der Waals surface area contributed by atoms with E-state index in [0.29, 0.717) is 26.9 Å². The summed E-state index contributed by atoms with van der Waals surface area (Å²) in [5, 5.41) is 15.9. The van der Waals surface area contributed by atoms with Gasteiger partial charge in [-0.25, -0.2) is 4.98 Å². The molecule has 3 heterocycles. The van der Waals surface area contributed by atoms with Gasteiger partial charge in [-0.2, -0.15) is 9.61 Å². The van der Waals surface area contributed by atoms with E-state index >= 15 is 0 Å². The summed E-state index contributed by atoms with van der Waals surface area (Å²) in [5.74, 6) is -0.930. The number of benzene rings is 1. The molecule has 1 saturated heterocycles. The number of rotatable bonds is 5. The molecule has 0 aliphatic carbocycles. The molecule has 150 valence electrons. The zero-order chi connectivity index (χ0) is 20.4. The molecule has 0 radical (unpaired) electrons. The lowest BCUT2D eigenvalue weighted by Crippen LogP contribution is -2.31. The van der Waals surface area contributed by atoms with E-state index in [1.807, 2.05) is 0 Å². The molecule has 0 bridgehead atoms. The Morgan fingerprint density at radius 1 is 1.17 bits per heavy atom. The fourth-order valence-corrected chi connectivity index (χ4v) is 4.15. The number of carbonyl (C=O) groups excluding carboxylic acids is 1. The molecule has 9 nitrogen and oxygen atoms in total. The number of nitrogens with zero attached hydrogens (tertiary/aromatic N) is 4. The maximum atomic E-state index is 12.5. The highest BCUT2D eigenvalue weighted by Crippen LogP contribution is 2.26. The number of anilines is 1. The summed E-state index contributed by atoms with van der Waals surface area (Å²) in [6, 6.07) is 8.19. The quantitative estimate of drug-likeness (QED) is 0.653. The van der Waals surface area contributed by atoms with Gasteiger partial charge in [0, 0.05) is 30.3 Å². The number of piperidine rings is 1. The number of hydrogen-bond donors (Lipinski definition) is 2. The van der Waals surface area contributed by atoms with Crippen molar-refractivity contribution < 1.29 is 14.7 Å². The average Bonchev–Trinajstić information content (AvgIpc) is 3.18. The zero-order valence-corrected chi connectivity index (χ0v) is 16.3. The lowest BCUT2D eigenvalue weighted by Gasteiger charge is -2.27. The van der Waals surface area contributed by atoms with Gasteiger partial charge in [-0.15, -0.1) is 0 Å². The summed E-state index contributed by atoms with van der Waals surface area (Å²) in [6.45, 7) is 1.33. The van der Waals surface area contributed by atoms with Crippen molar-refractivity contribution in [1.82, 2.24) is 19.9 Å². The molecule has 2 N–H and O–H groups in total. The van der Waals surface area contributed by atoms with Crippen LogP contribution in [-0.2, 0) is 4.79 Å². The Kier molecular flexibility index (Phi) is 5.26. The Labute approximate surface area is 169 Å². The van der Waals surface area contributed by atoms with Crippen molar-refractivity contribution in [2.24, 2.45) is 0 Å². The number of aliphatic carboxylic acids is 1. The third kappa shape index (κ3) is 4.11. The zero-order valence-electron chi connectivity index (χ0n) is 15.5. The van der Waals surface area contributed by atoms with Gasteiger partial charge in [0.1, 0.15) is 17.4 Å². The Morgan fingerprint density at radius 2 is 1.97 bits per heavy atom. The summed E-state index contributed by atoms with van der Waals surface area (Å²) >= 11 is 1.27. The van der Waals surface area contributed by atoms with Crippen LogP contribution in [0.2, 0.25) is 0 Å². The van der Waals surface area contributed by atoms with Gasteiger partial charge < -0.3 is 15.3 Å². The van der Waals surface area contributed by atoms with Crippen LogP contribution in [0.1, 0.15) is 29.6 Å². The first kappa shape index (κ1) is 19.1. The van der Waals surface area contributed by atoms with Crippen LogP contribution in [0.25, 0.3) is 15.5 Å². The predicted molar refractivity (Wildman–Crippen MR) is 109 cm³/mol. The number of aromatic nitrogens is 3. The Morgan fingerprint density at radius 3 is 2.72 bits per heavy atom. The van der Waals surface area contributed by atoms with Crippen molar-refractivity contribution in [1.29, 1.82) is 0 Å². The minimum Gasteiger partial charge on any atom is -0.480 e. The highest BCUT2D eigenvalue weighted by molar-refractivity contribution is 7.19. The molecule has 1 aliphatic rings. The van der Waals surface area contributed by atoms with E-state index in [2.05, 4.69) is 20.3 Å². The molecule has 1 fully saturated rings. The summed E-state index contributed by atoms with van der Waals surface area (Å²) in [7, 11) is 0. The molecule has 4 rings (SSSR count). The second-order valence-corrected chi connectivity index (χ2v) is 7.72. The lowest BCUT2D eigenvalue weighted by molar-refractivity contribution is -0.135. The fraction of sp³-hybridized carbons (Fsp3) is 0.316. The first-order valence-corrected chi connectivity index (χ1v) is 10.1. The molecule has 0 unspecified atom stereocenters. The largest absolute Gasteiger partial charge is 0.480 e. The van der Waals surface area contributed by atoms with E-state index in [4.69, 9.17) is 5.11 Å². The van der Waals surface area contributed by atoms with Gasteiger partial charge in [-0.1, -0.05) is 23.5 Å². The molecule has 1 aliphatic heterocycles. The predicted octanol–water partition coefficient (Wildman–Crippen LogP) is 1.62. The number of nitrogens with one attached hydrogen (secondary N) is 1. The van der Waals surface area contributed by atoms with Crippen molar-refractivity contribution in [3.63, 3.8) is 0 Å². The maximum Gasteiger partial charge on any atom is 0.322 e. The number of hydrogen-bond acceptors (Lipinski definition) is 7. The molecule has 10 heteroatoms. The number of fused-ring (bicyclic) bond motifs is 1. The third-order valence-corrected chi connectivity index (χ3v) is 5.64. The van der Waals surface area contributed by atoms with E-state index in [0.717, 1.165) is 25.9 Å². The van der Waals surface area contributed by atoms with Gasteiger partial charge in [-0.3, -0.25) is 14.4 Å². The SMILES string of the molecule is O=C(O)CNC(=O)c1cccc(-c2nn3c(=O)cc(N4CCCCC4)nc3s2)c1. The number of carboxylic acid groups (broad SMARTS) is 1. The summed E-state index contributed by atoms with van der Waals surface area (Å²) < 4.78 is 1.27. The Balaban J connectivity index is 1.65. The molecule has 1 aromatic carbocycles. The van der Waals surface area contributed by atoms with Crippen LogP contribution in [0.4, 0.5) is 5.82 Å². The van der Waals surface area contributed by atoms with Gasteiger partial charge in [0.15, 0.2) is 0 Å². The van der Waals surface area contributed by atoms with Crippen LogP contribution < -0.4 is 15.8 Å². The Hall–Kier alpha value is -3.27. The van der Waals surface area contributed by atoms with Crippen LogP contribution in [0, 0.1) is 0 Å². The highest BCUT2D eigenvalue weighted by Gasteiger charge is 2.17. The molecule has 0 atom stereocenters. The minimum absolute atomic E-state index is 0.242. The first-order chi connectivity index (χ1) is 14.0. The molecule has 2 aromatic heterocycles. The van der Waals surface area contributed by atoms with Crippen LogP contribution in [0.15, 0.2) is 35.1 Å². The van der Waals surface area contributed by atoms with Gasteiger partial charge in [0.2, 0.25) is 4.96 Å². The van der Waals surface area contributed by atoms with Crippen molar-refractivity contribution in [3.05, 3.63) is 46.2 Å². The van der Waals surface area contributed by atoms with Crippen molar-refractivity contribution in [3.8, 4) is 10.6 Å². The standard InChI is InChI=1S/C19H19N5O4S/c25-15-10-14(23-7-2-1-3-8-23)21-19-24(15)22-18(29-19)13-6-4-5-12(9-13)17(28)20-11-16(26)27/h4-6,9-10H,1-3,7-8,11H2,(H,20,28)(H,26,27). The monoisotopic (exact) mass is 413 g/mol. The molecule has 0 spiro atoms. The lowest BCUT2D eigenvalue weighted by atomic mass is 10.1. The van der Waals surface area contributed by atoms with Gasteiger partial charge in [0.25, 0.3) is 11.5 Å². The molecule has 3 aromatic rings. The summed E-state index contributed by atoms with van der Waals surface area (Å²) in [4.78, 5) is 42.5. The summed E-state index contributed by atoms with van der Waals surface area (Å²) in [6.07, 6.45) is 3.37. The first-order valence-electron chi connectivity index (χ1n) is 9.27. The highest BCUT2D eigenvalue weighted by atomic mass is 32.1. The molecular weight excluding hydrogens is 394 g/mol. The smallest absolute Gasteiger partial charge is 0.322 e.